The van der Waals surface area contributed by atoms with Crippen LogP contribution < -0.4 is 4.74 Å². The van der Waals surface area contributed by atoms with Crippen molar-refractivity contribution in [3.05, 3.63) is 114 Å². The minimum Gasteiger partial charge on any atom is -0.497 e. The Balaban J connectivity index is 1.45. The van der Waals surface area contributed by atoms with Crippen LogP contribution in [0.1, 0.15) is 22.3 Å². The van der Waals surface area contributed by atoms with E-state index in [-0.39, 0.29) is 0 Å². The molecule has 0 aliphatic heterocycles. The number of methoxy groups -OCH3 is 1. The number of pyridine rings is 2. The van der Waals surface area contributed by atoms with Crippen molar-refractivity contribution in [2.75, 3.05) is 7.11 Å². The number of ether oxygens (including phenoxy) is 1. The van der Waals surface area contributed by atoms with E-state index in [9.17, 15) is 0 Å². The summed E-state index contributed by atoms with van der Waals surface area (Å²) in [4.78, 5) is 8.98. The predicted molar refractivity (Wildman–Crippen MR) is 119 cm³/mol. The fourth-order valence-electron chi connectivity index (χ4n) is 2.72. The second kappa shape index (κ2) is 9.24. The van der Waals surface area contributed by atoms with Crippen LogP contribution in [0, 0.1) is 23.7 Å². The molecule has 2 aromatic carbocycles. The maximum absolute atomic E-state index is 5.16. The molecule has 0 unspecified atom stereocenters. The zero-order chi connectivity index (χ0) is 20.6. The highest BCUT2D eigenvalue weighted by atomic mass is 16.5. The molecule has 2 aromatic heterocycles. The van der Waals surface area contributed by atoms with Crippen molar-refractivity contribution in [2.24, 2.45) is 0 Å². The van der Waals surface area contributed by atoms with Gasteiger partial charge >= 0.3 is 0 Å². The van der Waals surface area contributed by atoms with Gasteiger partial charge in [0, 0.05) is 34.6 Å². The Morgan fingerprint density at radius 2 is 1.00 bits per heavy atom. The van der Waals surface area contributed by atoms with Crippen LogP contribution in [0.5, 0.6) is 5.75 Å². The summed E-state index contributed by atoms with van der Waals surface area (Å²) in [5, 5.41) is 0. The van der Waals surface area contributed by atoms with Crippen molar-refractivity contribution < 1.29 is 4.74 Å². The molecule has 0 fully saturated rings. The second-order valence-electron chi connectivity index (χ2n) is 6.46. The third-order valence-corrected chi connectivity index (χ3v) is 4.36. The van der Waals surface area contributed by atoms with Crippen LogP contribution in [0.25, 0.3) is 11.4 Å². The molecule has 0 atom stereocenters. The maximum Gasteiger partial charge on any atom is 0.118 e. The number of aromatic nitrogens is 2. The Bertz CT molecular complexity index is 1240. The van der Waals surface area contributed by atoms with Gasteiger partial charge in [-0.2, -0.15) is 0 Å². The zero-order valence-corrected chi connectivity index (χ0v) is 16.5. The van der Waals surface area contributed by atoms with E-state index in [1.165, 1.54) is 0 Å². The van der Waals surface area contributed by atoms with E-state index in [0.717, 1.165) is 39.4 Å². The summed E-state index contributed by atoms with van der Waals surface area (Å²) in [5.41, 5.74) is 5.22. The van der Waals surface area contributed by atoms with Gasteiger partial charge in [0.2, 0.25) is 0 Å². The molecule has 3 nitrogen and oxygen atoms in total. The largest absolute Gasteiger partial charge is 0.497 e. The molecule has 0 saturated heterocycles. The van der Waals surface area contributed by atoms with Crippen LogP contribution >= 0.6 is 0 Å². The molecule has 0 radical (unpaired) electrons. The highest BCUT2D eigenvalue weighted by Crippen LogP contribution is 2.15. The van der Waals surface area contributed by atoms with Gasteiger partial charge in [-0.1, -0.05) is 41.9 Å². The van der Waals surface area contributed by atoms with E-state index in [2.05, 4.69) is 33.6 Å². The topological polar surface area (TPSA) is 35.0 Å². The van der Waals surface area contributed by atoms with E-state index < -0.39 is 0 Å². The fraction of sp³-hybridized carbons (Fsp3) is 0.0370. The molecule has 0 spiro atoms. The number of nitrogens with zero attached hydrogens (tertiary/aromatic N) is 2. The lowest BCUT2D eigenvalue weighted by Gasteiger charge is -2.00. The molecule has 2 heterocycles. The Kier molecular flexibility index (Phi) is 5.85. The monoisotopic (exact) mass is 386 g/mol. The van der Waals surface area contributed by atoms with Gasteiger partial charge in [0.05, 0.1) is 18.5 Å². The highest BCUT2D eigenvalue weighted by Gasteiger charge is 2.01. The van der Waals surface area contributed by atoms with Crippen LogP contribution in [0.3, 0.4) is 0 Å². The van der Waals surface area contributed by atoms with Crippen molar-refractivity contribution in [1.29, 1.82) is 0 Å². The first-order chi connectivity index (χ1) is 14.8. The molecule has 142 valence electrons. The van der Waals surface area contributed by atoms with E-state index in [1.54, 1.807) is 19.5 Å². The second-order valence-corrected chi connectivity index (χ2v) is 6.46. The Morgan fingerprint density at radius 3 is 1.47 bits per heavy atom. The molecule has 0 bridgehead atoms. The minimum absolute atomic E-state index is 0.799. The molecule has 30 heavy (non-hydrogen) atoms. The molecule has 3 heteroatoms. The van der Waals surface area contributed by atoms with Crippen LogP contribution in [-0.4, -0.2) is 17.1 Å². The van der Waals surface area contributed by atoms with Gasteiger partial charge in [0.25, 0.3) is 0 Å². The molecule has 4 aromatic rings. The number of benzene rings is 2. The third kappa shape index (κ3) is 4.93. The van der Waals surface area contributed by atoms with Gasteiger partial charge in [-0.05, 0) is 60.7 Å². The van der Waals surface area contributed by atoms with Crippen LogP contribution in [0.4, 0.5) is 0 Å². The predicted octanol–water partition coefficient (Wildman–Crippen LogP) is 4.95. The van der Waals surface area contributed by atoms with Gasteiger partial charge in [0.1, 0.15) is 5.75 Å². The van der Waals surface area contributed by atoms with Gasteiger partial charge in [-0.25, -0.2) is 0 Å². The molecule has 0 amide bonds. The SMILES string of the molecule is COc1ccc(C#Cc2ccc(-c3ccc(C#Cc4ccccc4)cn3)nc2)cc1. The number of hydrogen-bond acceptors (Lipinski definition) is 3. The van der Waals surface area contributed by atoms with Crippen LogP contribution in [0.2, 0.25) is 0 Å². The van der Waals surface area contributed by atoms with Crippen molar-refractivity contribution in [2.45, 2.75) is 0 Å². The van der Waals surface area contributed by atoms with E-state index in [0.29, 0.717) is 0 Å². The quantitative estimate of drug-likeness (QED) is 0.457. The van der Waals surface area contributed by atoms with E-state index in [4.69, 9.17) is 4.74 Å². The molecule has 0 N–H and O–H groups in total. The van der Waals surface area contributed by atoms with Crippen molar-refractivity contribution in [1.82, 2.24) is 9.97 Å². The molecule has 0 aliphatic rings. The lowest BCUT2D eigenvalue weighted by Crippen LogP contribution is -1.89. The summed E-state index contributed by atoms with van der Waals surface area (Å²) in [6.45, 7) is 0. The minimum atomic E-state index is 0.799. The van der Waals surface area contributed by atoms with E-state index in [1.807, 2.05) is 78.9 Å². The normalized spacial score (nSPS) is 9.63. The zero-order valence-electron chi connectivity index (χ0n) is 16.5. The first-order valence-corrected chi connectivity index (χ1v) is 9.46. The molecule has 4 rings (SSSR count). The lowest BCUT2D eigenvalue weighted by atomic mass is 10.1. The summed E-state index contributed by atoms with van der Waals surface area (Å²) in [5.74, 6) is 13.3. The first kappa shape index (κ1) is 19.0. The summed E-state index contributed by atoms with van der Waals surface area (Å²) in [7, 11) is 1.65. The molecule has 0 saturated carbocycles. The smallest absolute Gasteiger partial charge is 0.118 e. The van der Waals surface area contributed by atoms with Crippen LogP contribution in [-0.2, 0) is 0 Å². The summed E-state index contributed by atoms with van der Waals surface area (Å²) >= 11 is 0. The first-order valence-electron chi connectivity index (χ1n) is 9.46. The van der Waals surface area contributed by atoms with Crippen molar-refractivity contribution >= 4 is 0 Å². The Morgan fingerprint density at radius 1 is 0.533 bits per heavy atom. The Labute approximate surface area is 176 Å². The molecular weight excluding hydrogens is 368 g/mol. The average molecular weight is 386 g/mol. The Hall–Kier alpha value is -4.34. The summed E-state index contributed by atoms with van der Waals surface area (Å²) < 4.78 is 5.16. The van der Waals surface area contributed by atoms with Gasteiger partial charge in [-0.3, -0.25) is 9.97 Å². The maximum atomic E-state index is 5.16. The summed E-state index contributed by atoms with van der Waals surface area (Å²) in [6, 6.07) is 25.3. The number of rotatable bonds is 2. The highest BCUT2D eigenvalue weighted by molar-refractivity contribution is 5.56. The molecule has 0 aliphatic carbocycles. The van der Waals surface area contributed by atoms with Gasteiger partial charge in [0.15, 0.2) is 0 Å². The van der Waals surface area contributed by atoms with E-state index >= 15 is 0 Å². The summed E-state index contributed by atoms with van der Waals surface area (Å²) in [6.07, 6.45) is 3.53. The van der Waals surface area contributed by atoms with Gasteiger partial charge in [-0.15, -0.1) is 0 Å². The lowest BCUT2D eigenvalue weighted by molar-refractivity contribution is 0.415. The molecular formula is C27H18N2O. The van der Waals surface area contributed by atoms with Crippen LogP contribution in [0.15, 0.2) is 91.3 Å². The fourth-order valence-corrected chi connectivity index (χ4v) is 2.72. The van der Waals surface area contributed by atoms with Gasteiger partial charge < -0.3 is 4.74 Å². The third-order valence-electron chi connectivity index (χ3n) is 4.36. The number of hydrogen-bond donors (Lipinski definition) is 0. The van der Waals surface area contributed by atoms with Crippen molar-refractivity contribution in [3.63, 3.8) is 0 Å². The van der Waals surface area contributed by atoms with Crippen molar-refractivity contribution in [3.8, 4) is 40.8 Å². The standard InChI is InChI=1S/C27H18N2O/c1-30-25-15-11-22(12-16-25)8-10-24-14-18-27(29-20-24)26-17-13-23(19-28-26)9-7-21-5-3-2-4-6-21/h2-6,11-20H,1H3. The average Bonchev–Trinajstić information content (AvgIpc) is 2.83.